The van der Waals surface area contributed by atoms with Crippen LogP contribution in [0.5, 0.6) is 0 Å². The molecular weight excluding hydrogens is 373 g/mol. The van der Waals surface area contributed by atoms with Crippen molar-refractivity contribution < 1.29 is 22.3 Å². The fraction of sp³-hybridized carbons (Fsp3) is 0.222. The highest BCUT2D eigenvalue weighted by atomic mass is 32.2. The van der Waals surface area contributed by atoms with Gasteiger partial charge in [0.2, 0.25) is 15.9 Å². The zero-order valence-corrected chi connectivity index (χ0v) is 15.8. The summed E-state index contributed by atoms with van der Waals surface area (Å²) in [5, 5.41) is 2.57. The first-order valence-electron chi connectivity index (χ1n) is 8.05. The first-order valence-corrected chi connectivity index (χ1v) is 9.94. The van der Waals surface area contributed by atoms with E-state index in [1.807, 2.05) is 0 Å². The SMILES string of the molecule is CNC(=O)C1=C(c2ccc(F)cc2)OC2=NC(NS(C)(=O)=O)=C(C)C=C1C2. The smallest absolute Gasteiger partial charge is 0.255 e. The van der Waals surface area contributed by atoms with Gasteiger partial charge in [0, 0.05) is 12.6 Å². The Hall–Kier alpha value is -2.94. The van der Waals surface area contributed by atoms with Crippen molar-refractivity contribution in [3.8, 4) is 0 Å². The second-order valence-corrected chi connectivity index (χ2v) is 7.90. The first-order chi connectivity index (χ1) is 12.7. The zero-order valence-electron chi connectivity index (χ0n) is 15.0. The number of nitrogens with zero attached hydrogens (tertiary/aromatic N) is 1. The molecule has 0 unspecified atom stereocenters. The van der Waals surface area contributed by atoms with Gasteiger partial charge in [-0.05, 0) is 42.3 Å². The van der Waals surface area contributed by atoms with Crippen LogP contribution in [0.3, 0.4) is 0 Å². The number of nitrogens with one attached hydrogen (secondary N) is 2. The summed E-state index contributed by atoms with van der Waals surface area (Å²) in [5.74, 6) is -0.191. The summed E-state index contributed by atoms with van der Waals surface area (Å²) in [6.07, 6.45) is 2.94. The third-order valence-electron chi connectivity index (χ3n) is 3.95. The average molecular weight is 391 g/mol. The van der Waals surface area contributed by atoms with Crippen molar-refractivity contribution in [1.29, 1.82) is 0 Å². The molecule has 0 atom stereocenters. The van der Waals surface area contributed by atoms with E-state index in [0.29, 0.717) is 22.3 Å². The Balaban J connectivity index is 2.17. The van der Waals surface area contributed by atoms with Crippen molar-refractivity contribution in [3.05, 3.63) is 64.3 Å². The highest BCUT2D eigenvalue weighted by Crippen LogP contribution is 2.35. The van der Waals surface area contributed by atoms with Gasteiger partial charge in [0.25, 0.3) is 5.91 Å². The molecule has 0 radical (unpaired) electrons. The van der Waals surface area contributed by atoms with Crippen LogP contribution in [0, 0.1) is 5.82 Å². The van der Waals surface area contributed by atoms with Gasteiger partial charge in [-0.25, -0.2) is 12.8 Å². The van der Waals surface area contributed by atoms with Crippen LogP contribution in [0.4, 0.5) is 4.39 Å². The van der Waals surface area contributed by atoms with Crippen molar-refractivity contribution in [3.63, 3.8) is 0 Å². The number of allylic oxidation sites excluding steroid dienone is 2. The quantitative estimate of drug-likeness (QED) is 0.818. The Kier molecular flexibility index (Phi) is 4.88. The van der Waals surface area contributed by atoms with Gasteiger partial charge in [-0.2, -0.15) is 4.99 Å². The number of fused-ring (bicyclic) bond motifs is 2. The lowest BCUT2D eigenvalue weighted by atomic mass is 9.94. The largest absolute Gasteiger partial charge is 0.441 e. The normalized spacial score (nSPS) is 16.9. The molecular formula is C18H18FN3O4S. The van der Waals surface area contributed by atoms with Crippen LogP contribution in [-0.2, 0) is 19.6 Å². The van der Waals surface area contributed by atoms with Crippen molar-refractivity contribution in [2.24, 2.45) is 4.99 Å². The minimum atomic E-state index is -3.54. The Morgan fingerprint density at radius 1 is 1.26 bits per heavy atom. The molecule has 0 fully saturated rings. The lowest BCUT2D eigenvalue weighted by Gasteiger charge is -2.23. The summed E-state index contributed by atoms with van der Waals surface area (Å²) in [6, 6.07) is 5.54. The molecule has 9 heteroatoms. The van der Waals surface area contributed by atoms with Gasteiger partial charge in [0.1, 0.15) is 17.4 Å². The maximum Gasteiger partial charge on any atom is 0.255 e. The van der Waals surface area contributed by atoms with Gasteiger partial charge in [-0.1, -0.05) is 6.08 Å². The van der Waals surface area contributed by atoms with E-state index in [4.69, 9.17) is 4.74 Å². The Labute approximate surface area is 156 Å². The molecule has 1 aromatic rings. The molecule has 2 aliphatic heterocycles. The molecule has 27 heavy (non-hydrogen) atoms. The number of amides is 1. The van der Waals surface area contributed by atoms with E-state index in [1.165, 1.54) is 31.3 Å². The molecule has 3 rings (SSSR count). The van der Waals surface area contributed by atoms with Crippen molar-refractivity contribution >= 4 is 27.6 Å². The topological polar surface area (TPSA) is 96.9 Å². The van der Waals surface area contributed by atoms with Crippen molar-refractivity contribution in [2.75, 3.05) is 13.3 Å². The second-order valence-electron chi connectivity index (χ2n) is 6.15. The molecule has 0 aromatic heterocycles. The standard InChI is InChI=1S/C18H18FN3O4S/c1-10-8-12-9-14(21-17(10)22-27(3,24)25)26-16(15(12)18(23)20-2)11-4-6-13(19)7-5-11/h4-8,22H,9H2,1-3H3,(H,20,23). The lowest BCUT2D eigenvalue weighted by Crippen LogP contribution is -2.27. The molecule has 2 heterocycles. The maximum atomic E-state index is 13.3. The number of hydrogen-bond donors (Lipinski definition) is 2. The number of halogens is 1. The summed E-state index contributed by atoms with van der Waals surface area (Å²) in [4.78, 5) is 16.8. The van der Waals surface area contributed by atoms with Gasteiger partial charge in [0.05, 0.1) is 18.2 Å². The van der Waals surface area contributed by atoms with Crippen LogP contribution < -0.4 is 10.0 Å². The van der Waals surface area contributed by atoms with Gasteiger partial charge in [0.15, 0.2) is 0 Å². The van der Waals surface area contributed by atoms with Crippen LogP contribution in [0.15, 0.2) is 57.9 Å². The lowest BCUT2D eigenvalue weighted by molar-refractivity contribution is -0.116. The number of benzene rings is 1. The van der Waals surface area contributed by atoms with Gasteiger partial charge < -0.3 is 10.1 Å². The molecule has 1 aromatic carbocycles. The number of rotatable bonds is 4. The number of carbonyl (C=O) groups excluding carboxylic acids is 1. The van der Waals surface area contributed by atoms with E-state index >= 15 is 0 Å². The van der Waals surface area contributed by atoms with Crippen LogP contribution in [-0.4, -0.2) is 33.5 Å². The monoisotopic (exact) mass is 391 g/mol. The molecule has 0 saturated heterocycles. The average Bonchev–Trinajstić information content (AvgIpc) is 2.70. The number of sulfonamides is 1. The molecule has 2 bridgehead atoms. The third-order valence-corrected chi connectivity index (χ3v) is 4.52. The molecule has 1 amide bonds. The summed E-state index contributed by atoms with van der Waals surface area (Å²) in [6.45, 7) is 1.68. The minimum absolute atomic E-state index is 0.124. The Morgan fingerprint density at radius 3 is 2.52 bits per heavy atom. The Morgan fingerprint density at radius 2 is 1.93 bits per heavy atom. The van der Waals surface area contributed by atoms with E-state index in [1.54, 1.807) is 13.0 Å². The summed E-state index contributed by atoms with van der Waals surface area (Å²) in [5.41, 5.74) is 1.96. The first kappa shape index (κ1) is 18.8. The number of ether oxygens (including phenoxy) is 1. The minimum Gasteiger partial charge on any atom is -0.441 e. The van der Waals surface area contributed by atoms with Crippen LogP contribution >= 0.6 is 0 Å². The molecule has 0 aliphatic carbocycles. The number of carbonyl (C=O) groups is 1. The van der Waals surface area contributed by atoms with E-state index in [9.17, 15) is 17.6 Å². The highest BCUT2D eigenvalue weighted by Gasteiger charge is 2.31. The molecule has 142 valence electrons. The summed E-state index contributed by atoms with van der Waals surface area (Å²) >= 11 is 0. The van der Waals surface area contributed by atoms with Crippen LogP contribution in [0.1, 0.15) is 18.9 Å². The predicted molar refractivity (Wildman–Crippen MR) is 99.3 cm³/mol. The third kappa shape index (κ3) is 4.08. The van der Waals surface area contributed by atoms with E-state index in [0.717, 1.165) is 6.26 Å². The molecule has 2 aliphatic rings. The summed E-state index contributed by atoms with van der Waals surface area (Å²) < 4.78 is 44.7. The van der Waals surface area contributed by atoms with Crippen molar-refractivity contribution in [2.45, 2.75) is 13.3 Å². The summed E-state index contributed by atoms with van der Waals surface area (Å²) in [7, 11) is -2.04. The highest BCUT2D eigenvalue weighted by molar-refractivity contribution is 7.88. The van der Waals surface area contributed by atoms with Crippen molar-refractivity contribution in [1.82, 2.24) is 10.0 Å². The number of hydrogen-bond acceptors (Lipinski definition) is 5. The maximum absolute atomic E-state index is 13.3. The predicted octanol–water partition coefficient (Wildman–Crippen LogP) is 1.82. The van der Waals surface area contributed by atoms with Gasteiger partial charge in [-0.3, -0.25) is 9.52 Å². The molecule has 0 saturated carbocycles. The van der Waals surface area contributed by atoms with Crippen LogP contribution in [0.25, 0.3) is 5.76 Å². The fourth-order valence-corrected chi connectivity index (χ4v) is 3.35. The fourth-order valence-electron chi connectivity index (χ4n) is 2.79. The van der Waals surface area contributed by atoms with E-state index < -0.39 is 15.8 Å². The van der Waals surface area contributed by atoms with E-state index in [2.05, 4.69) is 15.0 Å². The number of likely N-dealkylation sites (N-methyl/N-ethyl adjacent to an activating group) is 1. The zero-order chi connectivity index (χ0) is 19.8. The molecule has 0 spiro atoms. The Bertz CT molecular complexity index is 1030. The van der Waals surface area contributed by atoms with E-state index in [-0.39, 0.29) is 29.8 Å². The molecule has 2 N–H and O–H groups in total. The molecule has 7 nitrogen and oxygen atoms in total. The van der Waals surface area contributed by atoms with Crippen LogP contribution in [0.2, 0.25) is 0 Å². The number of aliphatic imine (C=N–C) groups is 1. The van der Waals surface area contributed by atoms with Gasteiger partial charge >= 0.3 is 0 Å². The second kappa shape index (κ2) is 6.99. The van der Waals surface area contributed by atoms with Gasteiger partial charge in [-0.15, -0.1) is 0 Å².